The molecule has 0 fully saturated rings. The van der Waals surface area contributed by atoms with Crippen molar-refractivity contribution in [3.63, 3.8) is 0 Å². The van der Waals surface area contributed by atoms with Gasteiger partial charge in [0.1, 0.15) is 5.82 Å². The zero-order valence-corrected chi connectivity index (χ0v) is 8.71. The first-order chi connectivity index (χ1) is 6.91. The molecule has 0 unspecified atom stereocenters. The van der Waals surface area contributed by atoms with Crippen molar-refractivity contribution >= 4 is 12.4 Å². The van der Waals surface area contributed by atoms with E-state index in [0.29, 0.717) is 12.1 Å². The lowest BCUT2D eigenvalue weighted by Crippen LogP contribution is -2.16. The molecule has 2 N–H and O–H groups in total. The average Bonchev–Trinajstić information content (AvgIpc) is 2.09. The van der Waals surface area contributed by atoms with E-state index in [1.165, 1.54) is 0 Å². The van der Waals surface area contributed by atoms with E-state index in [9.17, 15) is 22.0 Å². The summed E-state index contributed by atoms with van der Waals surface area (Å²) in [5.41, 5.74) is 4.61. The summed E-state index contributed by atoms with van der Waals surface area (Å²) in [4.78, 5) is 0. The highest BCUT2D eigenvalue weighted by atomic mass is 35.5. The summed E-state index contributed by atoms with van der Waals surface area (Å²) in [7, 11) is 0. The van der Waals surface area contributed by atoms with Crippen LogP contribution in [-0.4, -0.2) is 6.43 Å². The highest BCUT2D eigenvalue weighted by Gasteiger charge is 2.20. The van der Waals surface area contributed by atoms with E-state index in [1.807, 2.05) is 0 Å². The van der Waals surface area contributed by atoms with Gasteiger partial charge < -0.3 is 5.73 Å². The molecule has 0 aliphatic heterocycles. The Bertz CT molecular complexity index is 358. The summed E-state index contributed by atoms with van der Waals surface area (Å²) in [5.74, 6) is -3.87. The zero-order chi connectivity index (χ0) is 11.6. The molecule has 0 aromatic heterocycles. The van der Waals surface area contributed by atoms with Crippen LogP contribution in [0.5, 0.6) is 0 Å². The fraction of sp³-hybridized carbons (Fsp3) is 0.333. The molecule has 0 saturated heterocycles. The van der Waals surface area contributed by atoms with Gasteiger partial charge in [-0.25, -0.2) is 22.0 Å². The number of hydrogen-bond donors (Lipinski definition) is 1. The Labute approximate surface area is 94.8 Å². The predicted molar refractivity (Wildman–Crippen MR) is 51.1 cm³/mol. The van der Waals surface area contributed by atoms with Gasteiger partial charge in [0.05, 0.1) is 0 Å². The van der Waals surface area contributed by atoms with Gasteiger partial charge in [-0.2, -0.15) is 0 Å². The van der Waals surface area contributed by atoms with Gasteiger partial charge in [0.25, 0.3) is 0 Å². The summed E-state index contributed by atoms with van der Waals surface area (Å²) in [6.07, 6.45) is -3.61. The maximum absolute atomic E-state index is 13.0. The van der Waals surface area contributed by atoms with Crippen molar-refractivity contribution in [1.29, 1.82) is 0 Å². The monoisotopic (exact) mass is 261 g/mol. The minimum atomic E-state index is -2.76. The standard InChI is InChI=1S/C9H8F5N.ClH/c10-4-1-5(7(15)3-8(12)13)9(14)6(11)2-4;/h1-2,7-8H,3,15H2;1H/t7-;/m1./s1. The van der Waals surface area contributed by atoms with Gasteiger partial charge in [0.15, 0.2) is 11.6 Å². The van der Waals surface area contributed by atoms with Crippen molar-refractivity contribution in [2.75, 3.05) is 0 Å². The first kappa shape index (κ1) is 15.1. The van der Waals surface area contributed by atoms with Gasteiger partial charge in [-0.1, -0.05) is 0 Å². The fourth-order valence-electron chi connectivity index (χ4n) is 1.16. The van der Waals surface area contributed by atoms with Crippen LogP contribution in [-0.2, 0) is 0 Å². The molecule has 1 nitrogen and oxygen atoms in total. The SMILES string of the molecule is Cl.N[C@H](CC(F)F)c1cc(F)cc(F)c1F. The molecule has 16 heavy (non-hydrogen) atoms. The molecule has 7 heteroatoms. The maximum Gasteiger partial charge on any atom is 0.240 e. The van der Waals surface area contributed by atoms with Gasteiger partial charge >= 0.3 is 0 Å². The van der Waals surface area contributed by atoms with Gasteiger partial charge in [-0.05, 0) is 6.07 Å². The summed E-state index contributed by atoms with van der Waals surface area (Å²) < 4.78 is 62.2. The molecule has 1 aromatic carbocycles. The lowest BCUT2D eigenvalue weighted by molar-refractivity contribution is 0.127. The maximum atomic E-state index is 13.0. The van der Waals surface area contributed by atoms with E-state index in [-0.39, 0.29) is 12.4 Å². The first-order valence-corrected chi connectivity index (χ1v) is 4.10. The summed E-state index contributed by atoms with van der Waals surface area (Å²) in [6, 6.07) is -0.477. The highest BCUT2D eigenvalue weighted by Crippen LogP contribution is 2.23. The molecule has 0 spiro atoms. The Morgan fingerprint density at radius 3 is 2.19 bits per heavy atom. The summed E-state index contributed by atoms with van der Waals surface area (Å²) in [6.45, 7) is 0. The van der Waals surface area contributed by atoms with Crippen LogP contribution >= 0.6 is 12.4 Å². The quantitative estimate of drug-likeness (QED) is 0.656. The van der Waals surface area contributed by atoms with Crippen LogP contribution in [0, 0.1) is 17.5 Å². The van der Waals surface area contributed by atoms with Gasteiger partial charge in [-0.15, -0.1) is 12.4 Å². The molecule has 0 saturated carbocycles. The Hall–Kier alpha value is -0.880. The molecule has 92 valence electrons. The second-order valence-electron chi connectivity index (χ2n) is 3.02. The number of rotatable bonds is 3. The summed E-state index contributed by atoms with van der Waals surface area (Å²) >= 11 is 0. The third kappa shape index (κ3) is 3.61. The normalized spacial score (nSPS) is 12.4. The minimum Gasteiger partial charge on any atom is -0.324 e. The first-order valence-electron chi connectivity index (χ1n) is 4.10. The van der Waals surface area contributed by atoms with Crippen LogP contribution in [0.1, 0.15) is 18.0 Å². The van der Waals surface area contributed by atoms with E-state index < -0.39 is 41.9 Å². The minimum absolute atomic E-state index is 0. The van der Waals surface area contributed by atoms with Gasteiger partial charge in [0, 0.05) is 24.1 Å². The molecule has 0 bridgehead atoms. The van der Waals surface area contributed by atoms with Crippen LogP contribution in [0.15, 0.2) is 12.1 Å². The lowest BCUT2D eigenvalue weighted by atomic mass is 10.0. The van der Waals surface area contributed by atoms with Gasteiger partial charge in [0.2, 0.25) is 6.43 Å². The van der Waals surface area contributed by atoms with Crippen LogP contribution in [0.25, 0.3) is 0 Å². The van der Waals surface area contributed by atoms with Crippen LogP contribution in [0.4, 0.5) is 22.0 Å². The van der Waals surface area contributed by atoms with Crippen molar-refractivity contribution in [1.82, 2.24) is 0 Å². The molecule has 1 atom stereocenters. The van der Waals surface area contributed by atoms with E-state index in [0.717, 1.165) is 0 Å². The number of alkyl halides is 2. The summed E-state index contributed by atoms with van der Waals surface area (Å²) in [5, 5.41) is 0. The number of halogens is 6. The molecule has 0 amide bonds. The average molecular weight is 262 g/mol. The molecule has 1 rings (SSSR count). The molecule has 0 aliphatic carbocycles. The Balaban J connectivity index is 0.00000225. The second kappa shape index (κ2) is 6.00. The van der Waals surface area contributed by atoms with E-state index >= 15 is 0 Å². The van der Waals surface area contributed by atoms with Crippen molar-refractivity contribution in [2.45, 2.75) is 18.9 Å². The second-order valence-corrected chi connectivity index (χ2v) is 3.02. The third-order valence-electron chi connectivity index (χ3n) is 1.85. The van der Waals surface area contributed by atoms with Crippen molar-refractivity contribution < 1.29 is 22.0 Å². The zero-order valence-electron chi connectivity index (χ0n) is 7.89. The van der Waals surface area contributed by atoms with Crippen molar-refractivity contribution in [3.05, 3.63) is 35.1 Å². The fourth-order valence-corrected chi connectivity index (χ4v) is 1.16. The van der Waals surface area contributed by atoms with Crippen molar-refractivity contribution in [3.8, 4) is 0 Å². The Kier molecular flexibility index (Phi) is 5.67. The van der Waals surface area contributed by atoms with E-state index in [2.05, 4.69) is 0 Å². The van der Waals surface area contributed by atoms with Crippen LogP contribution in [0.3, 0.4) is 0 Å². The van der Waals surface area contributed by atoms with Crippen molar-refractivity contribution in [2.24, 2.45) is 5.73 Å². The number of benzene rings is 1. The largest absolute Gasteiger partial charge is 0.324 e. The molecule has 1 aromatic rings. The highest BCUT2D eigenvalue weighted by molar-refractivity contribution is 5.85. The molecular weight excluding hydrogens is 253 g/mol. The Morgan fingerprint density at radius 1 is 1.12 bits per heavy atom. The third-order valence-corrected chi connectivity index (χ3v) is 1.85. The van der Waals surface area contributed by atoms with Crippen LogP contribution < -0.4 is 5.73 Å². The molecule has 0 aliphatic rings. The number of hydrogen-bond acceptors (Lipinski definition) is 1. The lowest BCUT2D eigenvalue weighted by Gasteiger charge is -2.12. The smallest absolute Gasteiger partial charge is 0.240 e. The molecule has 0 radical (unpaired) electrons. The molecule has 0 heterocycles. The Morgan fingerprint density at radius 2 is 1.69 bits per heavy atom. The van der Waals surface area contributed by atoms with E-state index in [4.69, 9.17) is 5.73 Å². The predicted octanol–water partition coefficient (Wildman–Crippen LogP) is 3.18. The van der Waals surface area contributed by atoms with Gasteiger partial charge in [-0.3, -0.25) is 0 Å². The number of nitrogens with two attached hydrogens (primary N) is 1. The van der Waals surface area contributed by atoms with E-state index in [1.54, 1.807) is 0 Å². The molecular formula is C9H9ClF5N. The topological polar surface area (TPSA) is 26.0 Å². The van der Waals surface area contributed by atoms with Crippen LogP contribution in [0.2, 0.25) is 0 Å².